The molecule has 18 heavy (non-hydrogen) atoms. The number of hydrogen-bond acceptors (Lipinski definition) is 2. The van der Waals surface area contributed by atoms with Crippen LogP contribution in [0.25, 0.3) is 10.8 Å². The molecule has 0 aliphatic carbocycles. The summed E-state index contributed by atoms with van der Waals surface area (Å²) in [4.78, 5) is 18.4. The predicted molar refractivity (Wildman–Crippen MR) is 71.2 cm³/mol. The number of carbonyl (C=O) groups excluding carboxylic acids is 1. The fourth-order valence-electron chi connectivity index (χ4n) is 2.35. The molecule has 1 aliphatic heterocycles. The zero-order chi connectivity index (χ0) is 12.4. The molecule has 1 radical (unpaired) electrons. The first-order valence-corrected chi connectivity index (χ1v) is 6.29. The Morgan fingerprint density at radius 1 is 1.11 bits per heavy atom. The van der Waals surface area contributed by atoms with Gasteiger partial charge in [-0.2, -0.15) is 0 Å². The van der Waals surface area contributed by atoms with Gasteiger partial charge in [-0.1, -0.05) is 6.07 Å². The van der Waals surface area contributed by atoms with E-state index in [1.54, 1.807) is 12.4 Å². The molecule has 91 valence electrons. The van der Waals surface area contributed by atoms with Crippen LogP contribution < -0.4 is 0 Å². The Balaban J connectivity index is 1.91. The van der Waals surface area contributed by atoms with Gasteiger partial charge in [-0.05, 0) is 42.8 Å². The number of likely N-dealkylation sites (tertiary alicyclic amines) is 1. The standard InChI is InChI=1S/C15H15N2O/c18-15(17-8-2-1-3-9-17)13-5-4-12-6-7-16-11-14(12)10-13/h1,4-7,10-11H,2-3,8-9H2. The van der Waals surface area contributed by atoms with Crippen molar-refractivity contribution < 1.29 is 4.79 Å². The number of aromatic nitrogens is 1. The van der Waals surface area contributed by atoms with Crippen molar-refractivity contribution in [2.45, 2.75) is 12.8 Å². The number of hydrogen-bond donors (Lipinski definition) is 0. The van der Waals surface area contributed by atoms with Crippen molar-refractivity contribution >= 4 is 16.7 Å². The molecule has 0 atom stereocenters. The molecule has 0 spiro atoms. The molecule has 1 aromatic heterocycles. The number of amides is 1. The SMILES string of the molecule is O=C(c1ccc2ccncc2c1)N1CC[CH]CC1. The number of carbonyl (C=O) groups is 1. The molecule has 2 aromatic rings. The summed E-state index contributed by atoms with van der Waals surface area (Å²) in [5.74, 6) is 0.133. The number of pyridine rings is 1. The second-order valence-corrected chi connectivity index (χ2v) is 4.60. The van der Waals surface area contributed by atoms with E-state index < -0.39 is 0 Å². The summed E-state index contributed by atoms with van der Waals surface area (Å²) in [6, 6.07) is 7.78. The average Bonchev–Trinajstić information content (AvgIpc) is 2.47. The van der Waals surface area contributed by atoms with Gasteiger partial charge in [0, 0.05) is 36.4 Å². The van der Waals surface area contributed by atoms with Crippen molar-refractivity contribution in [3.05, 3.63) is 48.6 Å². The van der Waals surface area contributed by atoms with Crippen LogP contribution in [0.5, 0.6) is 0 Å². The number of benzene rings is 1. The van der Waals surface area contributed by atoms with Crippen LogP contribution in [0.3, 0.4) is 0 Å². The Kier molecular flexibility index (Phi) is 2.97. The largest absolute Gasteiger partial charge is 0.339 e. The molecule has 0 N–H and O–H groups in total. The Bertz CT molecular complexity index is 573. The van der Waals surface area contributed by atoms with Crippen LogP contribution >= 0.6 is 0 Å². The van der Waals surface area contributed by atoms with Crippen LogP contribution in [0.2, 0.25) is 0 Å². The van der Waals surface area contributed by atoms with Crippen molar-refractivity contribution in [3.63, 3.8) is 0 Å². The monoisotopic (exact) mass is 239 g/mol. The molecule has 1 fully saturated rings. The van der Waals surface area contributed by atoms with Gasteiger partial charge >= 0.3 is 0 Å². The maximum Gasteiger partial charge on any atom is 0.253 e. The highest BCUT2D eigenvalue weighted by Gasteiger charge is 2.18. The summed E-state index contributed by atoms with van der Waals surface area (Å²) < 4.78 is 0. The normalized spacial score (nSPS) is 15.9. The molecule has 0 bridgehead atoms. The Morgan fingerprint density at radius 2 is 1.94 bits per heavy atom. The molecular formula is C15H15N2O. The summed E-state index contributed by atoms with van der Waals surface area (Å²) in [5.41, 5.74) is 0.761. The van der Waals surface area contributed by atoms with Crippen LogP contribution in [0, 0.1) is 6.42 Å². The Hall–Kier alpha value is -1.90. The second-order valence-electron chi connectivity index (χ2n) is 4.60. The molecule has 1 aromatic carbocycles. The molecule has 1 amide bonds. The quantitative estimate of drug-likeness (QED) is 0.766. The number of nitrogens with zero attached hydrogens (tertiary/aromatic N) is 2. The fraction of sp³-hybridized carbons (Fsp3) is 0.267. The lowest BCUT2D eigenvalue weighted by molar-refractivity contribution is 0.0742. The summed E-state index contributed by atoms with van der Waals surface area (Å²) in [6.07, 6.45) is 7.82. The van der Waals surface area contributed by atoms with E-state index in [0.29, 0.717) is 0 Å². The van der Waals surface area contributed by atoms with Gasteiger partial charge in [-0.3, -0.25) is 9.78 Å². The Labute approximate surface area is 106 Å². The van der Waals surface area contributed by atoms with Crippen LogP contribution in [-0.2, 0) is 0 Å². The van der Waals surface area contributed by atoms with Gasteiger partial charge in [0.1, 0.15) is 0 Å². The van der Waals surface area contributed by atoms with Crippen molar-refractivity contribution in [2.24, 2.45) is 0 Å². The maximum absolute atomic E-state index is 12.3. The van der Waals surface area contributed by atoms with Gasteiger partial charge in [-0.15, -0.1) is 0 Å². The Morgan fingerprint density at radius 3 is 2.78 bits per heavy atom. The van der Waals surface area contributed by atoms with E-state index in [-0.39, 0.29) is 5.91 Å². The van der Waals surface area contributed by atoms with Crippen molar-refractivity contribution in [1.29, 1.82) is 0 Å². The topological polar surface area (TPSA) is 33.2 Å². The van der Waals surface area contributed by atoms with Crippen LogP contribution in [0.15, 0.2) is 36.7 Å². The highest BCUT2D eigenvalue weighted by Crippen LogP contribution is 2.17. The van der Waals surface area contributed by atoms with Crippen molar-refractivity contribution in [2.75, 3.05) is 13.1 Å². The van der Waals surface area contributed by atoms with E-state index in [1.165, 1.54) is 0 Å². The van der Waals surface area contributed by atoms with E-state index in [0.717, 1.165) is 42.3 Å². The first kappa shape index (κ1) is 11.2. The predicted octanol–water partition coefficient (Wildman–Crippen LogP) is 2.68. The van der Waals surface area contributed by atoms with Crippen molar-refractivity contribution in [1.82, 2.24) is 9.88 Å². The zero-order valence-corrected chi connectivity index (χ0v) is 10.2. The molecule has 1 saturated heterocycles. The van der Waals surface area contributed by atoms with Gasteiger partial charge in [0.05, 0.1) is 0 Å². The zero-order valence-electron chi connectivity index (χ0n) is 10.2. The summed E-state index contributed by atoms with van der Waals surface area (Å²) in [6.45, 7) is 1.67. The average molecular weight is 239 g/mol. The minimum absolute atomic E-state index is 0.133. The van der Waals surface area contributed by atoms with Gasteiger partial charge < -0.3 is 4.90 Å². The first-order valence-electron chi connectivity index (χ1n) is 6.29. The highest BCUT2D eigenvalue weighted by molar-refractivity contribution is 5.98. The molecule has 3 heteroatoms. The van der Waals surface area contributed by atoms with Gasteiger partial charge in [0.25, 0.3) is 5.91 Å². The lowest BCUT2D eigenvalue weighted by atomic mass is 10.1. The van der Waals surface area contributed by atoms with Crippen molar-refractivity contribution in [3.8, 4) is 0 Å². The summed E-state index contributed by atoms with van der Waals surface area (Å²) in [7, 11) is 0. The summed E-state index contributed by atoms with van der Waals surface area (Å²) in [5, 5.41) is 2.14. The van der Waals surface area contributed by atoms with E-state index in [4.69, 9.17) is 0 Å². The first-order chi connectivity index (χ1) is 8.84. The number of fused-ring (bicyclic) bond motifs is 1. The molecule has 2 heterocycles. The third-order valence-corrected chi connectivity index (χ3v) is 3.38. The van der Waals surface area contributed by atoms with E-state index in [2.05, 4.69) is 11.4 Å². The highest BCUT2D eigenvalue weighted by atomic mass is 16.2. The van der Waals surface area contributed by atoms with Crippen LogP contribution in [0.1, 0.15) is 23.2 Å². The minimum Gasteiger partial charge on any atom is -0.339 e. The lowest BCUT2D eigenvalue weighted by Crippen LogP contribution is -2.35. The molecular weight excluding hydrogens is 224 g/mol. The lowest BCUT2D eigenvalue weighted by Gasteiger charge is -2.26. The molecule has 3 nitrogen and oxygen atoms in total. The summed E-state index contributed by atoms with van der Waals surface area (Å²) >= 11 is 0. The number of rotatable bonds is 1. The number of piperidine rings is 1. The second kappa shape index (κ2) is 4.77. The molecule has 3 rings (SSSR count). The molecule has 1 aliphatic rings. The molecule has 0 saturated carbocycles. The van der Waals surface area contributed by atoms with Gasteiger partial charge in [-0.25, -0.2) is 0 Å². The van der Waals surface area contributed by atoms with Crippen LogP contribution in [0.4, 0.5) is 0 Å². The maximum atomic E-state index is 12.3. The van der Waals surface area contributed by atoms with E-state index in [1.807, 2.05) is 29.2 Å². The van der Waals surface area contributed by atoms with Gasteiger partial charge in [0.15, 0.2) is 0 Å². The minimum atomic E-state index is 0.133. The molecule has 0 unspecified atom stereocenters. The third kappa shape index (κ3) is 2.08. The van der Waals surface area contributed by atoms with Gasteiger partial charge in [0.2, 0.25) is 0 Å². The van der Waals surface area contributed by atoms with E-state index >= 15 is 0 Å². The van der Waals surface area contributed by atoms with E-state index in [9.17, 15) is 4.79 Å². The van der Waals surface area contributed by atoms with Crippen LogP contribution in [-0.4, -0.2) is 28.9 Å². The smallest absolute Gasteiger partial charge is 0.253 e. The third-order valence-electron chi connectivity index (χ3n) is 3.38. The fourth-order valence-corrected chi connectivity index (χ4v) is 2.35.